The predicted octanol–water partition coefficient (Wildman–Crippen LogP) is 1.58. The summed E-state index contributed by atoms with van der Waals surface area (Å²) in [6.07, 6.45) is 0. The minimum Gasteiger partial charge on any atom is -0.496 e. The van der Waals surface area contributed by atoms with E-state index < -0.39 is 31.6 Å². The van der Waals surface area contributed by atoms with Gasteiger partial charge in [0.1, 0.15) is 5.75 Å². The van der Waals surface area contributed by atoms with Gasteiger partial charge in [0.05, 0.1) is 12.0 Å². The monoisotopic (exact) mass is 351 g/mol. The zero-order valence-corrected chi connectivity index (χ0v) is 13.7. The number of hydrogen-bond donors (Lipinski definition) is 2. The number of hydrogen-bond acceptors (Lipinski definition) is 6. The van der Waals surface area contributed by atoms with Crippen LogP contribution in [0.4, 0.5) is 5.69 Å². The summed E-state index contributed by atoms with van der Waals surface area (Å²) < 4.78 is 32.2. The minimum absolute atomic E-state index is 0.130. The largest absolute Gasteiger partial charge is 0.496 e. The van der Waals surface area contributed by atoms with Crippen LogP contribution in [-0.4, -0.2) is 27.0 Å². The fourth-order valence-electron chi connectivity index (χ4n) is 2.20. The number of nitro benzene ring substituents is 1. The second-order valence-electron chi connectivity index (χ2n) is 4.93. The molecular formula is C15H17N3O5S. The molecule has 0 aliphatic rings. The Hall–Kier alpha value is -2.49. The fraction of sp³-hybridized carbons (Fsp3) is 0.200. The summed E-state index contributed by atoms with van der Waals surface area (Å²) in [7, 11) is -2.58. The topological polar surface area (TPSA) is 125 Å². The van der Waals surface area contributed by atoms with Gasteiger partial charge in [-0.15, -0.1) is 0 Å². The third-order valence-electron chi connectivity index (χ3n) is 3.38. The maximum atomic E-state index is 12.3. The Bertz CT molecular complexity index is 839. The lowest BCUT2D eigenvalue weighted by molar-refractivity contribution is -0.387. The van der Waals surface area contributed by atoms with E-state index in [2.05, 4.69) is 4.72 Å². The SMILES string of the molecule is COc1ccccc1C(N)CNS(=O)(=O)c1ccccc1[N+](=O)[O-]. The predicted molar refractivity (Wildman–Crippen MR) is 88.2 cm³/mol. The zero-order valence-electron chi connectivity index (χ0n) is 12.9. The molecule has 0 spiro atoms. The summed E-state index contributed by atoms with van der Waals surface area (Å²) in [5.74, 6) is 0.537. The van der Waals surface area contributed by atoms with Crippen molar-refractivity contribution in [3.05, 3.63) is 64.2 Å². The van der Waals surface area contributed by atoms with Gasteiger partial charge in [0.2, 0.25) is 10.0 Å². The van der Waals surface area contributed by atoms with Crippen LogP contribution in [0.15, 0.2) is 53.4 Å². The number of para-hydroxylation sites is 2. The third-order valence-corrected chi connectivity index (χ3v) is 4.85. The van der Waals surface area contributed by atoms with Gasteiger partial charge in [-0.1, -0.05) is 30.3 Å². The standard InChI is InChI=1S/C15H17N3O5S/c1-23-14-8-4-2-6-11(14)12(16)10-17-24(21,22)15-9-5-3-7-13(15)18(19)20/h2-9,12,17H,10,16H2,1H3. The number of ether oxygens (including phenoxy) is 1. The Labute approximate surface area is 139 Å². The van der Waals surface area contributed by atoms with Crippen molar-refractivity contribution in [1.82, 2.24) is 4.72 Å². The van der Waals surface area contributed by atoms with Crippen LogP contribution in [0.3, 0.4) is 0 Å². The van der Waals surface area contributed by atoms with Crippen LogP contribution in [0.1, 0.15) is 11.6 Å². The highest BCUT2D eigenvalue weighted by atomic mass is 32.2. The average Bonchev–Trinajstić information content (AvgIpc) is 2.59. The second kappa shape index (κ2) is 7.39. The maximum Gasteiger partial charge on any atom is 0.289 e. The summed E-state index contributed by atoms with van der Waals surface area (Å²) in [6, 6.07) is 11.4. The van der Waals surface area contributed by atoms with E-state index in [1.807, 2.05) is 0 Å². The lowest BCUT2D eigenvalue weighted by Gasteiger charge is -2.16. The highest BCUT2D eigenvalue weighted by Crippen LogP contribution is 2.25. The van der Waals surface area contributed by atoms with Crippen LogP contribution >= 0.6 is 0 Å². The van der Waals surface area contributed by atoms with Crippen molar-refractivity contribution < 1.29 is 18.1 Å². The Morgan fingerprint density at radius 1 is 1.21 bits per heavy atom. The lowest BCUT2D eigenvalue weighted by atomic mass is 10.1. The van der Waals surface area contributed by atoms with Crippen LogP contribution in [0, 0.1) is 10.1 Å². The van der Waals surface area contributed by atoms with Crippen LogP contribution < -0.4 is 15.2 Å². The van der Waals surface area contributed by atoms with E-state index in [9.17, 15) is 18.5 Å². The molecule has 0 fully saturated rings. The molecule has 0 amide bonds. The molecule has 0 saturated heterocycles. The lowest BCUT2D eigenvalue weighted by Crippen LogP contribution is -2.32. The van der Waals surface area contributed by atoms with Gasteiger partial charge in [-0.25, -0.2) is 13.1 Å². The molecule has 128 valence electrons. The number of benzene rings is 2. The molecule has 2 aromatic rings. The average molecular weight is 351 g/mol. The molecule has 0 radical (unpaired) electrons. The Morgan fingerprint density at radius 3 is 2.50 bits per heavy atom. The van der Waals surface area contributed by atoms with E-state index in [1.165, 1.54) is 25.3 Å². The highest BCUT2D eigenvalue weighted by molar-refractivity contribution is 7.89. The van der Waals surface area contributed by atoms with Gasteiger partial charge in [0.25, 0.3) is 5.69 Å². The number of methoxy groups -OCH3 is 1. The number of nitrogens with one attached hydrogen (secondary N) is 1. The molecule has 8 nitrogen and oxygen atoms in total. The summed E-state index contributed by atoms with van der Waals surface area (Å²) >= 11 is 0. The van der Waals surface area contributed by atoms with Gasteiger partial charge in [-0.05, 0) is 12.1 Å². The molecule has 0 aromatic heterocycles. The molecule has 24 heavy (non-hydrogen) atoms. The smallest absolute Gasteiger partial charge is 0.289 e. The molecule has 1 unspecified atom stereocenters. The number of nitro groups is 1. The summed E-state index contributed by atoms with van der Waals surface area (Å²) in [6.45, 7) is -0.130. The molecule has 1 atom stereocenters. The van der Waals surface area contributed by atoms with Crippen molar-refractivity contribution in [2.24, 2.45) is 5.73 Å². The molecule has 0 heterocycles. The highest BCUT2D eigenvalue weighted by Gasteiger charge is 2.25. The number of nitrogens with zero attached hydrogens (tertiary/aromatic N) is 1. The Morgan fingerprint density at radius 2 is 1.83 bits per heavy atom. The van der Waals surface area contributed by atoms with E-state index in [-0.39, 0.29) is 6.54 Å². The fourth-order valence-corrected chi connectivity index (χ4v) is 3.43. The van der Waals surface area contributed by atoms with Gasteiger partial charge in [-0.3, -0.25) is 10.1 Å². The van der Waals surface area contributed by atoms with Crippen LogP contribution in [0.5, 0.6) is 5.75 Å². The van der Waals surface area contributed by atoms with Crippen LogP contribution in [-0.2, 0) is 10.0 Å². The molecule has 2 aromatic carbocycles. The Balaban J connectivity index is 2.20. The quantitative estimate of drug-likeness (QED) is 0.576. The Kier molecular flexibility index (Phi) is 5.50. The summed E-state index contributed by atoms with van der Waals surface area (Å²) in [5, 5.41) is 11.0. The van der Waals surface area contributed by atoms with Crippen molar-refractivity contribution in [2.45, 2.75) is 10.9 Å². The molecule has 9 heteroatoms. The van der Waals surface area contributed by atoms with E-state index in [4.69, 9.17) is 10.5 Å². The van der Waals surface area contributed by atoms with E-state index in [0.29, 0.717) is 11.3 Å². The zero-order chi connectivity index (χ0) is 17.7. The number of nitrogens with two attached hydrogens (primary N) is 1. The first-order valence-electron chi connectivity index (χ1n) is 6.98. The second-order valence-corrected chi connectivity index (χ2v) is 6.66. The van der Waals surface area contributed by atoms with E-state index in [0.717, 1.165) is 6.07 Å². The van der Waals surface area contributed by atoms with Gasteiger partial charge in [0, 0.05) is 24.2 Å². The first kappa shape index (κ1) is 17.9. The maximum absolute atomic E-state index is 12.3. The normalized spacial score (nSPS) is 12.6. The number of sulfonamides is 1. The summed E-state index contributed by atoms with van der Waals surface area (Å²) in [4.78, 5) is 9.84. The minimum atomic E-state index is -4.07. The number of rotatable bonds is 7. The van der Waals surface area contributed by atoms with Crippen LogP contribution in [0.25, 0.3) is 0 Å². The van der Waals surface area contributed by atoms with Crippen LogP contribution in [0.2, 0.25) is 0 Å². The van der Waals surface area contributed by atoms with Crippen molar-refractivity contribution in [3.8, 4) is 5.75 Å². The van der Waals surface area contributed by atoms with Crippen molar-refractivity contribution in [2.75, 3.05) is 13.7 Å². The first-order valence-corrected chi connectivity index (χ1v) is 8.46. The molecule has 0 bridgehead atoms. The van der Waals surface area contributed by atoms with Crippen molar-refractivity contribution in [3.63, 3.8) is 0 Å². The molecule has 2 rings (SSSR count). The van der Waals surface area contributed by atoms with Gasteiger partial charge in [0.15, 0.2) is 4.90 Å². The molecule has 3 N–H and O–H groups in total. The first-order chi connectivity index (χ1) is 11.4. The van der Waals surface area contributed by atoms with Crippen molar-refractivity contribution >= 4 is 15.7 Å². The third kappa shape index (κ3) is 3.88. The molecular weight excluding hydrogens is 334 g/mol. The summed E-state index contributed by atoms with van der Waals surface area (Å²) in [5.41, 5.74) is 6.15. The van der Waals surface area contributed by atoms with Gasteiger partial charge in [-0.2, -0.15) is 0 Å². The molecule has 0 saturated carbocycles. The van der Waals surface area contributed by atoms with E-state index >= 15 is 0 Å². The molecule has 0 aliphatic heterocycles. The molecule has 0 aliphatic carbocycles. The van der Waals surface area contributed by atoms with Gasteiger partial charge >= 0.3 is 0 Å². The van der Waals surface area contributed by atoms with Gasteiger partial charge < -0.3 is 10.5 Å². The van der Waals surface area contributed by atoms with E-state index in [1.54, 1.807) is 24.3 Å². The van der Waals surface area contributed by atoms with Crippen molar-refractivity contribution in [1.29, 1.82) is 0 Å².